The van der Waals surface area contributed by atoms with Crippen molar-refractivity contribution in [1.82, 2.24) is 4.90 Å². The summed E-state index contributed by atoms with van der Waals surface area (Å²) in [4.78, 5) is 24.1. The standard InChI is InChI=1S/C15H14N2O3/c16-9-12-3-1-11(2-4-12)5-8-14(18)17(10-15(19)20)13-6-7-13/h1-5,8,13H,6-7,10H2,(H,19,20). The Labute approximate surface area is 116 Å². The van der Waals surface area contributed by atoms with Crippen molar-refractivity contribution >= 4 is 18.0 Å². The smallest absolute Gasteiger partial charge is 0.323 e. The van der Waals surface area contributed by atoms with Crippen LogP contribution in [0.1, 0.15) is 24.0 Å². The number of nitriles is 1. The molecule has 0 saturated heterocycles. The van der Waals surface area contributed by atoms with Crippen molar-refractivity contribution in [3.05, 3.63) is 41.5 Å². The molecule has 0 aromatic heterocycles. The quantitative estimate of drug-likeness (QED) is 0.825. The zero-order valence-corrected chi connectivity index (χ0v) is 10.8. The Morgan fingerprint density at radius 2 is 2.00 bits per heavy atom. The first-order valence-electron chi connectivity index (χ1n) is 6.31. The van der Waals surface area contributed by atoms with Gasteiger partial charge in [-0.3, -0.25) is 9.59 Å². The van der Waals surface area contributed by atoms with E-state index in [0.29, 0.717) is 5.56 Å². The molecule has 1 aromatic carbocycles. The lowest BCUT2D eigenvalue weighted by Gasteiger charge is -2.17. The Bertz CT molecular complexity index is 580. The predicted molar refractivity (Wildman–Crippen MR) is 72.6 cm³/mol. The number of amides is 1. The Morgan fingerprint density at radius 1 is 1.35 bits per heavy atom. The van der Waals surface area contributed by atoms with Crippen LogP contribution in [0, 0.1) is 11.3 Å². The second kappa shape index (κ2) is 6.02. The highest BCUT2D eigenvalue weighted by molar-refractivity contribution is 5.94. The zero-order chi connectivity index (χ0) is 14.5. The molecule has 5 heteroatoms. The van der Waals surface area contributed by atoms with Crippen LogP contribution in [-0.4, -0.2) is 34.5 Å². The van der Waals surface area contributed by atoms with Gasteiger partial charge in [0.05, 0.1) is 11.6 Å². The van der Waals surface area contributed by atoms with Gasteiger partial charge in [0, 0.05) is 12.1 Å². The van der Waals surface area contributed by atoms with Gasteiger partial charge in [0.25, 0.3) is 0 Å². The van der Waals surface area contributed by atoms with Gasteiger partial charge in [-0.15, -0.1) is 0 Å². The molecule has 0 heterocycles. The van der Waals surface area contributed by atoms with Crippen LogP contribution in [0.5, 0.6) is 0 Å². The zero-order valence-electron chi connectivity index (χ0n) is 10.8. The second-order valence-electron chi connectivity index (χ2n) is 4.66. The number of carbonyl (C=O) groups excluding carboxylic acids is 1. The van der Waals surface area contributed by atoms with Gasteiger partial charge >= 0.3 is 5.97 Å². The lowest BCUT2D eigenvalue weighted by atomic mass is 10.1. The van der Waals surface area contributed by atoms with E-state index < -0.39 is 5.97 Å². The first-order chi connectivity index (χ1) is 9.60. The fraction of sp³-hybridized carbons (Fsp3) is 0.267. The molecule has 2 rings (SSSR count). The van der Waals surface area contributed by atoms with Crippen LogP contribution in [0.2, 0.25) is 0 Å². The molecule has 1 aromatic rings. The maximum Gasteiger partial charge on any atom is 0.323 e. The third kappa shape index (κ3) is 3.69. The number of carbonyl (C=O) groups is 2. The normalized spacial score (nSPS) is 13.9. The number of hydrogen-bond acceptors (Lipinski definition) is 3. The first kappa shape index (κ1) is 13.8. The van der Waals surface area contributed by atoms with Gasteiger partial charge in [-0.2, -0.15) is 5.26 Å². The minimum Gasteiger partial charge on any atom is -0.480 e. The molecule has 0 spiro atoms. The number of nitrogens with zero attached hydrogens (tertiary/aromatic N) is 2. The minimum absolute atomic E-state index is 0.0595. The molecule has 0 atom stereocenters. The molecule has 0 aliphatic heterocycles. The van der Waals surface area contributed by atoms with Gasteiger partial charge in [-0.25, -0.2) is 0 Å². The van der Waals surface area contributed by atoms with Crippen molar-refractivity contribution in [2.45, 2.75) is 18.9 Å². The van der Waals surface area contributed by atoms with Gasteiger partial charge < -0.3 is 10.0 Å². The lowest BCUT2D eigenvalue weighted by molar-refractivity contribution is -0.143. The number of rotatable bonds is 5. The molecule has 5 nitrogen and oxygen atoms in total. The van der Waals surface area contributed by atoms with Gasteiger partial charge in [-0.1, -0.05) is 12.1 Å². The predicted octanol–water partition coefficient (Wildman–Crippen LogP) is 1.65. The van der Waals surface area contributed by atoms with Crippen LogP contribution in [0.3, 0.4) is 0 Å². The molecule has 0 radical (unpaired) electrons. The maximum atomic E-state index is 12.0. The molecule has 1 saturated carbocycles. The summed E-state index contributed by atoms with van der Waals surface area (Å²) in [5.74, 6) is -1.30. The maximum absolute atomic E-state index is 12.0. The summed E-state index contributed by atoms with van der Waals surface area (Å²) < 4.78 is 0. The second-order valence-corrected chi connectivity index (χ2v) is 4.66. The van der Waals surface area contributed by atoms with Gasteiger partial charge in [0.2, 0.25) is 5.91 Å². The van der Waals surface area contributed by atoms with Crippen LogP contribution in [0.25, 0.3) is 6.08 Å². The number of carboxylic acid groups (broad SMARTS) is 1. The summed E-state index contributed by atoms with van der Waals surface area (Å²) in [7, 11) is 0. The Kier molecular flexibility index (Phi) is 4.16. The van der Waals surface area contributed by atoms with Crippen molar-refractivity contribution in [3.63, 3.8) is 0 Å². The van der Waals surface area contributed by atoms with E-state index in [1.54, 1.807) is 30.3 Å². The fourth-order valence-electron chi connectivity index (χ4n) is 1.85. The minimum atomic E-state index is -1.00. The summed E-state index contributed by atoms with van der Waals surface area (Å²) in [6.45, 7) is -0.263. The molecule has 102 valence electrons. The summed E-state index contributed by atoms with van der Waals surface area (Å²) in [5.41, 5.74) is 1.35. The van der Waals surface area contributed by atoms with E-state index in [-0.39, 0.29) is 18.5 Å². The Balaban J connectivity index is 2.02. The summed E-state index contributed by atoms with van der Waals surface area (Å²) in [5, 5.41) is 17.5. The van der Waals surface area contributed by atoms with E-state index in [2.05, 4.69) is 0 Å². The number of carboxylic acids is 1. The van der Waals surface area contributed by atoms with E-state index >= 15 is 0 Å². The van der Waals surface area contributed by atoms with Gasteiger partial charge in [0.15, 0.2) is 0 Å². The topological polar surface area (TPSA) is 81.4 Å². The highest BCUT2D eigenvalue weighted by Gasteiger charge is 2.32. The highest BCUT2D eigenvalue weighted by atomic mass is 16.4. The molecule has 0 bridgehead atoms. The Hall–Kier alpha value is -2.61. The van der Waals surface area contributed by atoms with Gasteiger partial charge in [0.1, 0.15) is 6.54 Å². The lowest BCUT2D eigenvalue weighted by Crippen LogP contribution is -2.36. The highest BCUT2D eigenvalue weighted by Crippen LogP contribution is 2.26. The van der Waals surface area contributed by atoms with Crippen molar-refractivity contribution in [1.29, 1.82) is 5.26 Å². The number of benzene rings is 1. The third-order valence-corrected chi connectivity index (χ3v) is 3.03. The summed E-state index contributed by atoms with van der Waals surface area (Å²) in [6.07, 6.45) is 4.73. The van der Waals surface area contributed by atoms with Crippen LogP contribution >= 0.6 is 0 Å². The van der Waals surface area contributed by atoms with Crippen LogP contribution < -0.4 is 0 Å². The van der Waals surface area contributed by atoms with E-state index in [4.69, 9.17) is 10.4 Å². The average molecular weight is 270 g/mol. The Morgan fingerprint density at radius 3 is 2.50 bits per heavy atom. The molecular formula is C15H14N2O3. The number of hydrogen-bond donors (Lipinski definition) is 1. The van der Waals surface area contributed by atoms with E-state index in [9.17, 15) is 9.59 Å². The molecular weight excluding hydrogens is 256 g/mol. The molecule has 1 amide bonds. The molecule has 1 aliphatic rings. The van der Waals surface area contributed by atoms with Crippen molar-refractivity contribution < 1.29 is 14.7 Å². The van der Waals surface area contributed by atoms with Crippen LogP contribution in [0.15, 0.2) is 30.3 Å². The molecule has 0 unspecified atom stereocenters. The molecule has 20 heavy (non-hydrogen) atoms. The first-order valence-corrected chi connectivity index (χ1v) is 6.31. The summed E-state index contributed by atoms with van der Waals surface area (Å²) >= 11 is 0. The fourth-order valence-corrected chi connectivity index (χ4v) is 1.85. The molecule has 1 fully saturated rings. The van der Waals surface area contributed by atoms with Crippen molar-refractivity contribution in [2.75, 3.05) is 6.54 Å². The van der Waals surface area contributed by atoms with Crippen LogP contribution in [0.4, 0.5) is 0 Å². The van der Waals surface area contributed by atoms with Crippen molar-refractivity contribution in [2.24, 2.45) is 0 Å². The molecule has 1 aliphatic carbocycles. The SMILES string of the molecule is N#Cc1ccc(C=CC(=O)N(CC(=O)O)C2CC2)cc1. The van der Waals surface area contributed by atoms with Crippen molar-refractivity contribution in [3.8, 4) is 6.07 Å². The third-order valence-electron chi connectivity index (χ3n) is 3.03. The van der Waals surface area contributed by atoms with E-state index in [1.807, 2.05) is 6.07 Å². The van der Waals surface area contributed by atoms with Gasteiger partial charge in [-0.05, 0) is 36.6 Å². The molecule has 1 N–H and O–H groups in total. The summed E-state index contributed by atoms with van der Waals surface area (Å²) in [6, 6.07) is 8.88. The number of aliphatic carboxylic acids is 1. The van der Waals surface area contributed by atoms with Crippen LogP contribution in [-0.2, 0) is 9.59 Å². The monoisotopic (exact) mass is 270 g/mol. The van der Waals surface area contributed by atoms with E-state index in [0.717, 1.165) is 18.4 Å². The largest absolute Gasteiger partial charge is 0.480 e. The van der Waals surface area contributed by atoms with E-state index in [1.165, 1.54) is 11.0 Å². The average Bonchev–Trinajstić information content (AvgIpc) is 3.27.